The monoisotopic (exact) mass is 482 g/mol. The number of nitrogens with one attached hydrogen (secondary N) is 1. The molecule has 28 heavy (non-hydrogen) atoms. The van der Waals surface area contributed by atoms with Gasteiger partial charge < -0.3 is 0 Å². The van der Waals surface area contributed by atoms with Gasteiger partial charge in [-0.2, -0.15) is 0 Å². The maximum absolute atomic E-state index is 7.75. The third-order valence-electron chi connectivity index (χ3n) is 5.85. The summed E-state index contributed by atoms with van der Waals surface area (Å²) in [4.78, 5) is 0. The van der Waals surface area contributed by atoms with Crippen LogP contribution in [0.2, 0.25) is 0 Å². The summed E-state index contributed by atoms with van der Waals surface area (Å²) in [6.07, 6.45) is 7.16. The van der Waals surface area contributed by atoms with Crippen molar-refractivity contribution in [1.29, 1.82) is 0 Å². The SMILES string of the molecule is [Cl][Zr]([Cl])([NH]c1ccccc1)([C]1=CC=CC1)[CH]1c2ccccc2-c2ccccc21. The molecule has 0 aromatic heterocycles. The number of benzene rings is 3. The molecular formula is C24H20Cl2NZr. The van der Waals surface area contributed by atoms with Crippen LogP contribution in [0.3, 0.4) is 0 Å². The third-order valence-corrected chi connectivity index (χ3v) is 22.1. The standard InChI is InChI=1S/C13H9.C6H6N.C5H5.2ClH.Zr/c1-3-7-12-10(5-1)9-11-6-2-4-8-13(11)12;7-6-4-2-1-3-5-6;1-2-4-5-3-1;;;/h1-9H;1-5,7H;1-3H,4H2;2*1H;/q;-1;;;;+3/p-2. The first-order valence-electron chi connectivity index (χ1n) is 9.53. The Morgan fingerprint density at radius 1 is 0.750 bits per heavy atom. The molecule has 0 saturated heterocycles. The summed E-state index contributed by atoms with van der Waals surface area (Å²) in [7, 11) is 15.5. The second-order valence-electron chi connectivity index (χ2n) is 7.50. The molecule has 0 aliphatic heterocycles. The number of rotatable bonds is 4. The van der Waals surface area contributed by atoms with Crippen molar-refractivity contribution < 1.29 is 16.7 Å². The first-order valence-corrected chi connectivity index (χ1v) is 19.7. The molecule has 139 valence electrons. The van der Waals surface area contributed by atoms with Crippen molar-refractivity contribution in [3.05, 3.63) is 111 Å². The molecule has 2 aliphatic rings. The van der Waals surface area contributed by atoms with E-state index in [2.05, 4.69) is 70.0 Å². The quantitative estimate of drug-likeness (QED) is 0.402. The molecule has 5 rings (SSSR count). The van der Waals surface area contributed by atoms with Gasteiger partial charge in [0.1, 0.15) is 0 Å². The molecule has 0 radical (unpaired) electrons. The Hall–Kier alpha value is -1.60. The second kappa shape index (κ2) is 6.73. The van der Waals surface area contributed by atoms with Crippen molar-refractivity contribution >= 4 is 22.7 Å². The van der Waals surface area contributed by atoms with E-state index in [1.807, 2.05) is 30.3 Å². The molecule has 0 spiro atoms. The molecule has 0 bridgehead atoms. The van der Waals surface area contributed by atoms with E-state index in [4.69, 9.17) is 17.0 Å². The van der Waals surface area contributed by atoms with Gasteiger partial charge in [-0.3, -0.25) is 0 Å². The molecule has 0 amide bonds. The normalized spacial score (nSPS) is 16.8. The number of fused-ring (bicyclic) bond motifs is 3. The molecule has 0 unspecified atom stereocenters. The van der Waals surface area contributed by atoms with Crippen LogP contribution < -0.4 is 3.26 Å². The van der Waals surface area contributed by atoms with E-state index in [1.165, 1.54) is 22.3 Å². The number of hydrogen-bond donors (Lipinski definition) is 1. The Morgan fingerprint density at radius 2 is 1.32 bits per heavy atom. The first-order chi connectivity index (χ1) is 13.6. The fraction of sp³-hybridized carbons (Fsp3) is 0.0833. The summed E-state index contributed by atoms with van der Waals surface area (Å²) in [6, 6.07) is 27.2. The molecule has 0 heterocycles. The molecule has 1 nitrogen and oxygen atoms in total. The zero-order chi connectivity index (χ0) is 19.2. The second-order valence-corrected chi connectivity index (χ2v) is 26.9. The minimum absolute atomic E-state index is 0.0384. The van der Waals surface area contributed by atoms with E-state index >= 15 is 0 Å². The van der Waals surface area contributed by atoms with Gasteiger partial charge >= 0.3 is 175 Å². The van der Waals surface area contributed by atoms with Gasteiger partial charge in [-0.1, -0.05) is 0 Å². The van der Waals surface area contributed by atoms with Gasteiger partial charge in [0.2, 0.25) is 0 Å². The Labute approximate surface area is 174 Å². The van der Waals surface area contributed by atoms with Gasteiger partial charge in [0.05, 0.1) is 0 Å². The summed E-state index contributed by atoms with van der Waals surface area (Å²) in [5, 5.41) is 0. The van der Waals surface area contributed by atoms with E-state index < -0.39 is 16.7 Å². The Kier molecular flexibility index (Phi) is 4.43. The predicted octanol–water partition coefficient (Wildman–Crippen LogP) is 7.62. The average Bonchev–Trinajstić information content (AvgIpc) is 3.36. The van der Waals surface area contributed by atoms with Crippen LogP contribution in [0.25, 0.3) is 11.1 Å². The van der Waals surface area contributed by atoms with Crippen molar-refractivity contribution in [1.82, 2.24) is 0 Å². The fourth-order valence-corrected chi connectivity index (χ4v) is 19.8. The Bertz CT molecular complexity index is 1070. The molecule has 2 aliphatic carbocycles. The molecule has 0 fully saturated rings. The van der Waals surface area contributed by atoms with Gasteiger partial charge in [-0.15, -0.1) is 0 Å². The molecule has 4 heteroatoms. The molecule has 3 aromatic rings. The van der Waals surface area contributed by atoms with Gasteiger partial charge in [-0.05, 0) is 0 Å². The predicted molar refractivity (Wildman–Crippen MR) is 117 cm³/mol. The summed E-state index contributed by atoms with van der Waals surface area (Å²) in [5.74, 6) is 0. The summed E-state index contributed by atoms with van der Waals surface area (Å²) >= 11 is -4.79. The third kappa shape index (κ3) is 2.77. The zero-order valence-corrected chi connectivity index (χ0v) is 19.2. The fourth-order valence-electron chi connectivity index (χ4n) is 4.61. The van der Waals surface area contributed by atoms with Crippen molar-refractivity contribution in [2.75, 3.05) is 3.26 Å². The van der Waals surface area contributed by atoms with E-state index in [9.17, 15) is 0 Å². The van der Waals surface area contributed by atoms with Crippen molar-refractivity contribution in [2.45, 2.75) is 10.0 Å². The summed E-state index contributed by atoms with van der Waals surface area (Å²) in [6.45, 7) is 0. The van der Waals surface area contributed by atoms with Crippen LogP contribution in [0.5, 0.6) is 0 Å². The topological polar surface area (TPSA) is 12.0 Å². The van der Waals surface area contributed by atoms with Crippen LogP contribution in [-0.2, 0) is 16.7 Å². The number of para-hydroxylation sites is 1. The number of allylic oxidation sites excluding steroid dienone is 4. The van der Waals surface area contributed by atoms with E-state index in [0.29, 0.717) is 0 Å². The molecule has 1 N–H and O–H groups in total. The van der Waals surface area contributed by atoms with Crippen molar-refractivity contribution in [3.8, 4) is 11.1 Å². The molecule has 0 atom stereocenters. The summed E-state index contributed by atoms with van der Waals surface area (Å²) in [5.41, 5.74) is 5.93. The van der Waals surface area contributed by atoms with Crippen LogP contribution >= 0.6 is 17.0 Å². The molecule has 3 aromatic carbocycles. The van der Waals surface area contributed by atoms with Gasteiger partial charge in [-0.25, -0.2) is 0 Å². The average molecular weight is 485 g/mol. The van der Waals surface area contributed by atoms with E-state index in [-0.39, 0.29) is 3.63 Å². The van der Waals surface area contributed by atoms with Crippen molar-refractivity contribution in [2.24, 2.45) is 0 Å². The van der Waals surface area contributed by atoms with Crippen LogP contribution in [-0.4, -0.2) is 0 Å². The van der Waals surface area contributed by atoms with E-state index in [0.717, 1.165) is 15.4 Å². The Balaban J connectivity index is 1.77. The van der Waals surface area contributed by atoms with E-state index in [1.54, 1.807) is 0 Å². The maximum atomic E-state index is 7.75. The van der Waals surface area contributed by atoms with Crippen LogP contribution in [0.4, 0.5) is 5.69 Å². The zero-order valence-electron chi connectivity index (χ0n) is 15.3. The molecule has 0 saturated carbocycles. The first kappa shape index (κ1) is 18.4. The van der Waals surface area contributed by atoms with Crippen LogP contribution in [0.1, 0.15) is 21.2 Å². The van der Waals surface area contributed by atoms with Gasteiger partial charge in [0.25, 0.3) is 0 Å². The number of halogens is 2. The van der Waals surface area contributed by atoms with Gasteiger partial charge in [0.15, 0.2) is 0 Å². The molecular weight excluding hydrogens is 464 g/mol. The van der Waals surface area contributed by atoms with Crippen LogP contribution in [0.15, 0.2) is 100 Å². The number of anilines is 1. The minimum atomic E-state index is -4.79. The number of hydrogen-bond acceptors (Lipinski definition) is 1. The van der Waals surface area contributed by atoms with Gasteiger partial charge in [0, 0.05) is 0 Å². The van der Waals surface area contributed by atoms with Crippen molar-refractivity contribution in [3.63, 3.8) is 0 Å². The summed E-state index contributed by atoms with van der Waals surface area (Å²) < 4.78 is 4.85. The Morgan fingerprint density at radius 3 is 1.89 bits per heavy atom. The van der Waals surface area contributed by atoms with Crippen LogP contribution in [0, 0.1) is 0 Å².